The van der Waals surface area contributed by atoms with Gasteiger partial charge in [0.15, 0.2) is 12.6 Å². The lowest BCUT2D eigenvalue weighted by Gasteiger charge is -2.27. The monoisotopic (exact) mass is 834 g/mol. The third kappa shape index (κ3) is 30.4. The molecule has 0 spiro atoms. The van der Waals surface area contributed by atoms with Crippen LogP contribution in [-0.2, 0) is 14.2 Å². The molecule has 0 radical (unpaired) electrons. The molecule has 0 saturated heterocycles. The van der Waals surface area contributed by atoms with Gasteiger partial charge in [-0.05, 0) is 87.9 Å². The van der Waals surface area contributed by atoms with Crippen LogP contribution in [0.4, 0.5) is 0 Å². The second-order valence-electron chi connectivity index (χ2n) is 14.4. The Morgan fingerprint density at radius 3 is 1.14 bits per heavy atom. The van der Waals surface area contributed by atoms with Gasteiger partial charge in [-0.2, -0.15) is 0 Å². The summed E-state index contributed by atoms with van der Waals surface area (Å²) in [4.78, 5) is 0. The SMILES string of the molecule is CCCCCCCOC(CCCC(C)CC(C)CC(C)I)OC(CCCC(C)CC(C)CC(C)I)OCCCCCCC. The summed E-state index contributed by atoms with van der Waals surface area (Å²) in [5.41, 5.74) is 0. The quantitative estimate of drug-likeness (QED) is 0.0292. The number of halogens is 2. The van der Waals surface area contributed by atoms with Gasteiger partial charge in [-0.15, -0.1) is 0 Å². The summed E-state index contributed by atoms with van der Waals surface area (Å²) < 4.78 is 21.1. The zero-order valence-electron chi connectivity index (χ0n) is 30.2. The van der Waals surface area contributed by atoms with Crippen LogP contribution in [0.2, 0.25) is 0 Å². The normalized spacial score (nSPS) is 17.7. The van der Waals surface area contributed by atoms with E-state index in [0.717, 1.165) is 70.4 Å². The number of unbranched alkanes of at least 4 members (excludes halogenated alkanes) is 8. The zero-order valence-corrected chi connectivity index (χ0v) is 34.5. The molecule has 0 aromatic rings. The molecule has 0 heterocycles. The van der Waals surface area contributed by atoms with Crippen LogP contribution in [0.25, 0.3) is 0 Å². The van der Waals surface area contributed by atoms with Crippen LogP contribution in [0.1, 0.15) is 184 Å². The van der Waals surface area contributed by atoms with Crippen LogP contribution in [0, 0.1) is 23.7 Å². The van der Waals surface area contributed by atoms with Gasteiger partial charge in [0.2, 0.25) is 0 Å². The van der Waals surface area contributed by atoms with Crippen molar-refractivity contribution in [2.45, 2.75) is 204 Å². The van der Waals surface area contributed by atoms with E-state index in [-0.39, 0.29) is 12.6 Å². The first-order chi connectivity index (χ1) is 20.6. The Balaban J connectivity index is 5.04. The van der Waals surface area contributed by atoms with Crippen LogP contribution in [0.15, 0.2) is 0 Å². The topological polar surface area (TPSA) is 27.7 Å². The predicted molar refractivity (Wildman–Crippen MR) is 208 cm³/mol. The summed E-state index contributed by atoms with van der Waals surface area (Å²) in [6.45, 7) is 20.6. The molecule has 260 valence electrons. The van der Waals surface area contributed by atoms with Gasteiger partial charge in [-0.3, -0.25) is 0 Å². The van der Waals surface area contributed by atoms with E-state index < -0.39 is 0 Å². The van der Waals surface area contributed by atoms with Crippen LogP contribution in [0.5, 0.6) is 0 Å². The zero-order chi connectivity index (χ0) is 32.3. The summed E-state index contributed by atoms with van der Waals surface area (Å²) in [6.07, 6.45) is 24.5. The summed E-state index contributed by atoms with van der Waals surface area (Å²) in [7, 11) is 0. The van der Waals surface area contributed by atoms with E-state index in [1.54, 1.807) is 0 Å². The van der Waals surface area contributed by atoms with Crippen LogP contribution in [0.3, 0.4) is 0 Å². The first kappa shape index (κ1) is 44.3. The molecular weight excluding hydrogens is 758 g/mol. The van der Waals surface area contributed by atoms with Crippen molar-refractivity contribution in [2.75, 3.05) is 13.2 Å². The minimum Gasteiger partial charge on any atom is -0.353 e. The molecule has 8 atom stereocenters. The number of alkyl halides is 2. The third-order valence-corrected chi connectivity index (χ3v) is 9.76. The maximum atomic E-state index is 6.69. The first-order valence-electron chi connectivity index (χ1n) is 18.7. The summed E-state index contributed by atoms with van der Waals surface area (Å²) in [5, 5.41) is 0. The van der Waals surface area contributed by atoms with Crippen molar-refractivity contribution in [2.24, 2.45) is 23.7 Å². The van der Waals surface area contributed by atoms with Gasteiger partial charge in [0.1, 0.15) is 0 Å². The van der Waals surface area contributed by atoms with Crippen molar-refractivity contribution < 1.29 is 14.2 Å². The van der Waals surface area contributed by atoms with E-state index in [9.17, 15) is 0 Å². The highest BCUT2D eigenvalue weighted by Gasteiger charge is 2.20. The van der Waals surface area contributed by atoms with Crippen molar-refractivity contribution in [3.05, 3.63) is 0 Å². The Morgan fingerprint density at radius 1 is 0.419 bits per heavy atom. The molecule has 0 bridgehead atoms. The average molecular weight is 835 g/mol. The van der Waals surface area contributed by atoms with Gasteiger partial charge < -0.3 is 14.2 Å². The highest BCUT2D eigenvalue weighted by molar-refractivity contribution is 14.1. The molecule has 0 saturated carbocycles. The Hall–Kier alpha value is 1.34. The second-order valence-corrected chi connectivity index (χ2v) is 18.6. The first-order valence-corrected chi connectivity index (χ1v) is 21.2. The Kier molecular flexibility index (Phi) is 31.6. The van der Waals surface area contributed by atoms with Crippen molar-refractivity contribution >= 4 is 45.2 Å². The number of rotatable bonds is 32. The van der Waals surface area contributed by atoms with Gasteiger partial charge >= 0.3 is 0 Å². The lowest BCUT2D eigenvalue weighted by Crippen LogP contribution is -2.28. The van der Waals surface area contributed by atoms with Gasteiger partial charge in [-0.25, -0.2) is 0 Å². The lowest BCUT2D eigenvalue weighted by molar-refractivity contribution is -0.250. The lowest BCUT2D eigenvalue weighted by atomic mass is 9.90. The standard InChI is InChI=1S/C38H76I2O3/c1-9-11-13-15-17-25-41-37(23-19-21-31(3)27-33(5)29-35(7)39)43-38(42-26-18-16-14-12-10-2)24-20-22-32(4)28-34(6)30-36(8)40/h31-38H,9-30H2,1-8H3. The van der Waals surface area contributed by atoms with E-state index in [2.05, 4.69) is 101 Å². The fourth-order valence-corrected chi connectivity index (χ4v) is 8.30. The van der Waals surface area contributed by atoms with Gasteiger partial charge in [0, 0.05) is 21.1 Å². The molecule has 0 aromatic heterocycles. The molecule has 0 rings (SSSR count). The van der Waals surface area contributed by atoms with Crippen LogP contribution in [-0.4, -0.2) is 33.6 Å². The van der Waals surface area contributed by atoms with E-state index in [0.29, 0.717) is 0 Å². The number of hydrogen-bond donors (Lipinski definition) is 0. The van der Waals surface area contributed by atoms with E-state index in [1.807, 2.05) is 0 Å². The molecule has 0 aliphatic rings. The predicted octanol–water partition coefficient (Wildman–Crippen LogP) is 13.7. The molecule has 0 aliphatic heterocycles. The van der Waals surface area contributed by atoms with Gasteiger partial charge in [0.05, 0.1) is 0 Å². The molecule has 0 amide bonds. The summed E-state index contributed by atoms with van der Waals surface area (Å²) >= 11 is 5.14. The minimum absolute atomic E-state index is 0.141. The molecule has 5 heteroatoms. The Morgan fingerprint density at radius 2 is 0.791 bits per heavy atom. The second kappa shape index (κ2) is 30.7. The molecule has 43 heavy (non-hydrogen) atoms. The average Bonchev–Trinajstić information content (AvgIpc) is 2.91. The smallest absolute Gasteiger partial charge is 0.160 e. The van der Waals surface area contributed by atoms with Crippen molar-refractivity contribution in [3.63, 3.8) is 0 Å². The fourth-order valence-electron chi connectivity index (χ4n) is 6.57. The van der Waals surface area contributed by atoms with Crippen molar-refractivity contribution in [1.29, 1.82) is 0 Å². The van der Waals surface area contributed by atoms with Crippen molar-refractivity contribution in [1.82, 2.24) is 0 Å². The largest absolute Gasteiger partial charge is 0.353 e. The van der Waals surface area contributed by atoms with Crippen LogP contribution < -0.4 is 0 Å². The summed E-state index contributed by atoms with van der Waals surface area (Å²) in [5.74, 6) is 3.13. The molecule has 3 nitrogen and oxygen atoms in total. The number of ether oxygens (including phenoxy) is 3. The molecule has 0 aromatic carbocycles. The van der Waals surface area contributed by atoms with E-state index >= 15 is 0 Å². The maximum absolute atomic E-state index is 6.69. The van der Waals surface area contributed by atoms with Crippen LogP contribution >= 0.6 is 45.2 Å². The summed E-state index contributed by atoms with van der Waals surface area (Å²) in [6, 6.07) is 0. The van der Waals surface area contributed by atoms with Gasteiger partial charge in [-0.1, -0.05) is 165 Å². The number of hydrogen-bond acceptors (Lipinski definition) is 3. The molecule has 0 N–H and O–H groups in total. The molecule has 0 aliphatic carbocycles. The van der Waals surface area contributed by atoms with Crippen molar-refractivity contribution in [3.8, 4) is 0 Å². The Bertz CT molecular complexity index is 525. The Labute approximate surface area is 298 Å². The highest BCUT2D eigenvalue weighted by atomic mass is 127. The minimum atomic E-state index is -0.141. The third-order valence-electron chi connectivity index (χ3n) is 8.74. The molecule has 0 fully saturated rings. The van der Waals surface area contributed by atoms with E-state index in [1.165, 1.54) is 103 Å². The molecule has 8 unspecified atom stereocenters. The maximum Gasteiger partial charge on any atom is 0.160 e. The highest BCUT2D eigenvalue weighted by Crippen LogP contribution is 2.26. The fraction of sp³-hybridized carbons (Fsp3) is 1.00. The van der Waals surface area contributed by atoms with Gasteiger partial charge in [0.25, 0.3) is 0 Å². The van der Waals surface area contributed by atoms with E-state index in [4.69, 9.17) is 14.2 Å². The molecular formula is C38H76I2O3.